The lowest BCUT2D eigenvalue weighted by Gasteiger charge is -2.40. The quantitative estimate of drug-likeness (QED) is 0.392. The number of hydrogen-bond donors (Lipinski definition) is 2. The molecule has 0 aromatic carbocycles. The molecule has 13 heavy (non-hydrogen) atoms. The fourth-order valence-electron chi connectivity index (χ4n) is 1.08. The highest BCUT2D eigenvalue weighted by Crippen LogP contribution is 2.23. The molecule has 0 amide bonds. The third kappa shape index (κ3) is 3.93. The number of carbonyl (C=O) groups is 1. The van der Waals surface area contributed by atoms with Gasteiger partial charge in [-0.3, -0.25) is 4.79 Å². The van der Waals surface area contributed by atoms with Crippen LogP contribution in [0.15, 0.2) is 0 Å². The Labute approximate surface area is 85.2 Å². The summed E-state index contributed by atoms with van der Waals surface area (Å²) in [5.41, 5.74) is -1.16. The Bertz CT molecular complexity index is 179. The van der Waals surface area contributed by atoms with Crippen LogP contribution in [0.4, 0.5) is 0 Å². The van der Waals surface area contributed by atoms with Crippen molar-refractivity contribution in [3.05, 3.63) is 0 Å². The molecule has 1 unspecified atom stereocenters. The van der Waals surface area contributed by atoms with Crippen molar-refractivity contribution in [3.8, 4) is 0 Å². The van der Waals surface area contributed by atoms with Gasteiger partial charge in [0.2, 0.25) is 5.72 Å². The van der Waals surface area contributed by atoms with Crippen LogP contribution in [-0.2, 0) is 4.79 Å². The normalized spacial score (nSPS) is 15.8. The summed E-state index contributed by atoms with van der Waals surface area (Å²) in [4.78, 5) is 10.5. The Morgan fingerprint density at radius 1 is 1.38 bits per heavy atom. The number of hydrogen-bond acceptors (Lipinski definition) is 2. The SMILES string of the molecule is CCC(O)(CC(=O)O)[N+](C)(C)C.[Cl-]. The molecule has 80 valence electrons. The molecule has 5 heteroatoms. The zero-order valence-electron chi connectivity index (χ0n) is 8.54. The van der Waals surface area contributed by atoms with E-state index in [2.05, 4.69) is 0 Å². The number of nitrogens with zero attached hydrogens (tertiary/aromatic N) is 1. The van der Waals surface area contributed by atoms with Crippen molar-refractivity contribution >= 4 is 5.97 Å². The molecule has 0 saturated heterocycles. The number of carboxylic acid groups (broad SMARTS) is 1. The molecule has 0 fully saturated rings. The summed E-state index contributed by atoms with van der Waals surface area (Å²) in [6, 6.07) is 0. The van der Waals surface area contributed by atoms with Gasteiger partial charge in [0.25, 0.3) is 0 Å². The second-order valence-corrected chi connectivity index (χ2v) is 3.92. The first-order valence-corrected chi connectivity index (χ1v) is 3.98. The summed E-state index contributed by atoms with van der Waals surface area (Å²) in [5.74, 6) is -0.965. The highest BCUT2D eigenvalue weighted by molar-refractivity contribution is 5.67. The summed E-state index contributed by atoms with van der Waals surface area (Å²) < 4.78 is 0.246. The van der Waals surface area contributed by atoms with Gasteiger partial charge >= 0.3 is 5.97 Å². The second kappa shape index (κ2) is 4.79. The highest BCUT2D eigenvalue weighted by atomic mass is 35.5. The first-order chi connectivity index (χ1) is 5.23. The van der Waals surface area contributed by atoms with E-state index in [1.54, 1.807) is 28.1 Å². The average molecular weight is 212 g/mol. The van der Waals surface area contributed by atoms with Crippen LogP contribution in [0.5, 0.6) is 0 Å². The van der Waals surface area contributed by atoms with Gasteiger partial charge in [0.1, 0.15) is 6.42 Å². The minimum Gasteiger partial charge on any atom is -1.00 e. The molecule has 0 aromatic heterocycles. The number of rotatable bonds is 4. The van der Waals surface area contributed by atoms with Crippen molar-refractivity contribution in [2.75, 3.05) is 21.1 Å². The van der Waals surface area contributed by atoms with Crippen LogP contribution in [0, 0.1) is 0 Å². The van der Waals surface area contributed by atoms with Gasteiger partial charge in [-0.15, -0.1) is 0 Å². The molecule has 0 saturated carbocycles. The molecule has 0 rings (SSSR count). The molecule has 0 radical (unpaired) electrons. The first-order valence-electron chi connectivity index (χ1n) is 3.98. The summed E-state index contributed by atoms with van der Waals surface area (Å²) in [6.45, 7) is 1.78. The van der Waals surface area contributed by atoms with Crippen molar-refractivity contribution in [2.45, 2.75) is 25.5 Å². The van der Waals surface area contributed by atoms with E-state index in [1.165, 1.54) is 0 Å². The molecule has 4 nitrogen and oxygen atoms in total. The minimum atomic E-state index is -1.16. The lowest BCUT2D eigenvalue weighted by atomic mass is 10.0. The zero-order valence-corrected chi connectivity index (χ0v) is 9.30. The van der Waals surface area contributed by atoms with Gasteiger partial charge in [-0.2, -0.15) is 0 Å². The zero-order chi connectivity index (χ0) is 9.99. The third-order valence-corrected chi connectivity index (χ3v) is 2.25. The Balaban J connectivity index is 0. The van der Waals surface area contributed by atoms with Crippen molar-refractivity contribution in [3.63, 3.8) is 0 Å². The molecule has 0 aliphatic heterocycles. The molecule has 0 spiro atoms. The maximum atomic E-state index is 10.5. The van der Waals surface area contributed by atoms with E-state index in [9.17, 15) is 9.90 Å². The summed E-state index contributed by atoms with van der Waals surface area (Å²) >= 11 is 0. The van der Waals surface area contributed by atoms with Gasteiger partial charge in [-0.25, -0.2) is 0 Å². The number of halogens is 1. The lowest BCUT2D eigenvalue weighted by Crippen LogP contribution is -3.00. The van der Waals surface area contributed by atoms with Gasteiger partial charge in [0, 0.05) is 6.42 Å². The van der Waals surface area contributed by atoms with Crippen molar-refractivity contribution in [1.82, 2.24) is 0 Å². The van der Waals surface area contributed by atoms with Gasteiger partial charge < -0.3 is 27.1 Å². The largest absolute Gasteiger partial charge is 1.00 e. The Morgan fingerprint density at radius 3 is 1.85 bits per heavy atom. The fourth-order valence-corrected chi connectivity index (χ4v) is 1.08. The van der Waals surface area contributed by atoms with Crippen LogP contribution in [0.25, 0.3) is 0 Å². The molecule has 0 heterocycles. The molecule has 0 bridgehead atoms. The number of aliphatic carboxylic acids is 1. The minimum absolute atomic E-state index is 0. The van der Waals surface area contributed by atoms with Crippen molar-refractivity contribution < 1.29 is 31.9 Å². The Hall–Kier alpha value is -0.320. The van der Waals surface area contributed by atoms with Crippen LogP contribution < -0.4 is 12.4 Å². The van der Waals surface area contributed by atoms with Gasteiger partial charge in [0.15, 0.2) is 0 Å². The number of carboxylic acids is 1. The van der Waals surface area contributed by atoms with E-state index in [1.807, 2.05) is 0 Å². The fraction of sp³-hybridized carbons (Fsp3) is 0.875. The molecule has 0 aliphatic rings. The predicted octanol–water partition coefficient (Wildman–Crippen LogP) is -2.73. The maximum Gasteiger partial charge on any atom is 0.312 e. The molecule has 0 aliphatic carbocycles. The molecule has 2 N–H and O–H groups in total. The smallest absolute Gasteiger partial charge is 0.312 e. The van der Waals surface area contributed by atoms with Crippen LogP contribution in [-0.4, -0.2) is 47.5 Å². The van der Waals surface area contributed by atoms with Gasteiger partial charge in [-0.1, -0.05) is 6.92 Å². The van der Waals surface area contributed by atoms with Crippen LogP contribution in [0.1, 0.15) is 19.8 Å². The van der Waals surface area contributed by atoms with Gasteiger partial charge in [-0.05, 0) is 0 Å². The number of quaternary nitrogens is 1. The van der Waals surface area contributed by atoms with Crippen molar-refractivity contribution in [2.24, 2.45) is 0 Å². The van der Waals surface area contributed by atoms with E-state index in [-0.39, 0.29) is 23.3 Å². The molecular formula is C8H18ClNO3. The highest BCUT2D eigenvalue weighted by Gasteiger charge is 2.41. The van der Waals surface area contributed by atoms with Crippen LogP contribution in [0.3, 0.4) is 0 Å². The molecule has 0 aromatic rings. The Kier molecular flexibility index (Phi) is 5.59. The topological polar surface area (TPSA) is 57.5 Å². The maximum absolute atomic E-state index is 10.5. The Morgan fingerprint density at radius 2 is 1.77 bits per heavy atom. The second-order valence-electron chi connectivity index (χ2n) is 3.92. The van der Waals surface area contributed by atoms with E-state index < -0.39 is 11.7 Å². The summed E-state index contributed by atoms with van der Waals surface area (Å²) in [5, 5.41) is 18.5. The molecular weight excluding hydrogens is 194 g/mol. The van der Waals surface area contributed by atoms with Crippen LogP contribution in [0.2, 0.25) is 0 Å². The third-order valence-electron chi connectivity index (χ3n) is 2.25. The summed E-state index contributed by atoms with van der Waals surface area (Å²) in [7, 11) is 5.35. The standard InChI is InChI=1S/C8H17NO3.ClH/c1-5-8(12,6-7(10)11)9(2,3)4;/h12H,5-6H2,1-4H3;1H. The molecule has 1 atom stereocenters. The predicted molar refractivity (Wildman–Crippen MR) is 45.5 cm³/mol. The summed E-state index contributed by atoms with van der Waals surface area (Å²) in [6.07, 6.45) is 0.218. The van der Waals surface area contributed by atoms with E-state index in [0.717, 1.165) is 0 Å². The van der Waals surface area contributed by atoms with E-state index >= 15 is 0 Å². The lowest BCUT2D eigenvalue weighted by molar-refractivity contribution is -0.950. The van der Waals surface area contributed by atoms with Crippen LogP contribution >= 0.6 is 0 Å². The van der Waals surface area contributed by atoms with E-state index in [0.29, 0.717) is 6.42 Å². The monoisotopic (exact) mass is 211 g/mol. The number of aliphatic hydroxyl groups is 1. The first kappa shape index (κ1) is 15.2. The van der Waals surface area contributed by atoms with Gasteiger partial charge in [0.05, 0.1) is 21.1 Å². The van der Waals surface area contributed by atoms with Crippen molar-refractivity contribution in [1.29, 1.82) is 0 Å². The average Bonchev–Trinajstić information content (AvgIpc) is 1.83. The van der Waals surface area contributed by atoms with E-state index in [4.69, 9.17) is 5.11 Å².